The van der Waals surface area contributed by atoms with E-state index in [9.17, 15) is 0 Å². The number of hydrogen-bond acceptors (Lipinski definition) is 2. The van der Waals surface area contributed by atoms with E-state index in [1.165, 1.54) is 10.9 Å². The average Bonchev–Trinajstić information content (AvgIpc) is 3.05. The number of rotatable bonds is 2. The molecule has 0 N–H and O–H groups in total. The van der Waals surface area contributed by atoms with Crippen LogP contribution in [0.1, 0.15) is 26.3 Å². The van der Waals surface area contributed by atoms with Gasteiger partial charge in [-0.2, -0.15) is 0 Å². The van der Waals surface area contributed by atoms with Crippen molar-refractivity contribution in [1.29, 1.82) is 0 Å². The zero-order valence-corrected chi connectivity index (χ0v) is 16.5. The highest BCUT2D eigenvalue weighted by Gasteiger charge is 2.14. The molecule has 0 aliphatic carbocycles. The molecule has 28 heavy (non-hydrogen) atoms. The number of pyridine rings is 1. The summed E-state index contributed by atoms with van der Waals surface area (Å²) in [6.45, 7) is 6.79. The summed E-state index contributed by atoms with van der Waals surface area (Å²) in [7, 11) is 0. The lowest BCUT2D eigenvalue weighted by Gasteiger charge is -2.18. The Kier molecular flexibility index (Phi) is 3.77. The first-order valence-electron chi connectivity index (χ1n) is 9.77. The minimum atomic E-state index is 0.252. The Hall–Kier alpha value is -3.13. The Labute approximate surface area is 164 Å². The summed E-state index contributed by atoms with van der Waals surface area (Å²) in [5.74, 6) is 0. The van der Waals surface area contributed by atoms with Crippen LogP contribution in [-0.4, -0.2) is 4.98 Å². The molecule has 2 heteroatoms. The van der Waals surface area contributed by atoms with Crippen molar-refractivity contribution in [2.45, 2.75) is 27.2 Å². The van der Waals surface area contributed by atoms with Crippen molar-refractivity contribution in [2.24, 2.45) is 5.41 Å². The van der Waals surface area contributed by atoms with Gasteiger partial charge < -0.3 is 4.42 Å². The molecule has 3 aromatic carbocycles. The lowest BCUT2D eigenvalue weighted by Crippen LogP contribution is -2.09. The second-order valence-electron chi connectivity index (χ2n) is 8.76. The first-order chi connectivity index (χ1) is 13.5. The topological polar surface area (TPSA) is 26.0 Å². The first kappa shape index (κ1) is 17.0. The van der Waals surface area contributed by atoms with Crippen LogP contribution < -0.4 is 0 Å². The van der Waals surface area contributed by atoms with Gasteiger partial charge in [0.15, 0.2) is 0 Å². The van der Waals surface area contributed by atoms with Gasteiger partial charge in [0.2, 0.25) is 0 Å². The maximum atomic E-state index is 6.31. The van der Waals surface area contributed by atoms with Crippen molar-refractivity contribution in [2.75, 3.05) is 0 Å². The lowest BCUT2D eigenvalue weighted by molar-refractivity contribution is 0.411. The van der Waals surface area contributed by atoms with Gasteiger partial charge in [-0.25, -0.2) is 0 Å². The summed E-state index contributed by atoms with van der Waals surface area (Å²) in [6.07, 6.45) is 2.94. The molecule has 0 spiro atoms. The van der Waals surface area contributed by atoms with Crippen LogP contribution in [0.15, 0.2) is 77.3 Å². The molecular formula is C26H23NO. The van der Waals surface area contributed by atoms with Gasteiger partial charge in [0, 0.05) is 27.9 Å². The van der Waals surface area contributed by atoms with Gasteiger partial charge in [0.05, 0.1) is 5.69 Å². The van der Waals surface area contributed by atoms with Crippen LogP contribution in [-0.2, 0) is 6.42 Å². The van der Waals surface area contributed by atoms with Gasteiger partial charge in [-0.15, -0.1) is 0 Å². The molecule has 5 aromatic rings. The SMILES string of the molecule is CC(C)(C)Cc1ccnc(-c2ccc3c(c2)oc2c4ccccc4ccc32)c1. The van der Waals surface area contributed by atoms with Crippen LogP contribution in [0.4, 0.5) is 0 Å². The monoisotopic (exact) mass is 365 g/mol. The van der Waals surface area contributed by atoms with Crippen LogP contribution in [0.2, 0.25) is 0 Å². The van der Waals surface area contributed by atoms with Crippen LogP contribution >= 0.6 is 0 Å². The average molecular weight is 365 g/mol. The van der Waals surface area contributed by atoms with E-state index >= 15 is 0 Å². The van der Waals surface area contributed by atoms with Gasteiger partial charge in [0.1, 0.15) is 11.2 Å². The Morgan fingerprint density at radius 2 is 1.64 bits per heavy atom. The van der Waals surface area contributed by atoms with E-state index in [2.05, 4.69) is 92.5 Å². The fraction of sp³-hybridized carbons (Fsp3) is 0.192. The van der Waals surface area contributed by atoms with Gasteiger partial charge in [0.25, 0.3) is 0 Å². The highest BCUT2D eigenvalue weighted by Crippen LogP contribution is 2.35. The molecular weight excluding hydrogens is 342 g/mol. The van der Waals surface area contributed by atoms with E-state index in [1.807, 2.05) is 6.20 Å². The molecule has 2 nitrogen and oxygen atoms in total. The number of furan rings is 1. The summed E-state index contributed by atoms with van der Waals surface area (Å²) >= 11 is 0. The van der Waals surface area contributed by atoms with Crippen LogP contribution in [0, 0.1) is 5.41 Å². The summed E-state index contributed by atoms with van der Waals surface area (Å²) in [4.78, 5) is 4.61. The smallest absolute Gasteiger partial charge is 0.143 e. The van der Waals surface area contributed by atoms with Gasteiger partial charge in [-0.3, -0.25) is 4.98 Å². The molecule has 2 aromatic heterocycles. The molecule has 5 rings (SSSR count). The van der Waals surface area contributed by atoms with Crippen molar-refractivity contribution < 1.29 is 4.42 Å². The van der Waals surface area contributed by atoms with E-state index in [4.69, 9.17) is 4.42 Å². The van der Waals surface area contributed by atoms with Crippen molar-refractivity contribution in [3.63, 3.8) is 0 Å². The number of hydrogen-bond donors (Lipinski definition) is 0. The van der Waals surface area contributed by atoms with Gasteiger partial charge in [-0.05, 0) is 53.1 Å². The Morgan fingerprint density at radius 1 is 0.821 bits per heavy atom. The molecule has 0 bridgehead atoms. The number of fused-ring (bicyclic) bond motifs is 5. The molecule has 0 fully saturated rings. The maximum Gasteiger partial charge on any atom is 0.143 e. The summed E-state index contributed by atoms with van der Waals surface area (Å²) in [5, 5.41) is 4.67. The molecule has 0 saturated heterocycles. The number of nitrogens with zero attached hydrogens (tertiary/aromatic N) is 1. The predicted molar refractivity (Wildman–Crippen MR) is 118 cm³/mol. The van der Waals surface area contributed by atoms with E-state index in [1.54, 1.807) is 0 Å². The molecule has 0 unspecified atom stereocenters. The Bertz CT molecular complexity index is 1320. The summed E-state index contributed by atoms with van der Waals surface area (Å²) < 4.78 is 6.31. The summed E-state index contributed by atoms with van der Waals surface area (Å²) in [5.41, 5.74) is 5.52. The largest absolute Gasteiger partial charge is 0.455 e. The first-order valence-corrected chi connectivity index (χ1v) is 9.77. The number of aromatic nitrogens is 1. The minimum absolute atomic E-state index is 0.252. The third kappa shape index (κ3) is 2.95. The van der Waals surface area contributed by atoms with Crippen molar-refractivity contribution in [3.05, 3.63) is 78.5 Å². The van der Waals surface area contributed by atoms with Gasteiger partial charge >= 0.3 is 0 Å². The van der Waals surface area contributed by atoms with E-state index in [0.717, 1.165) is 45.0 Å². The molecule has 138 valence electrons. The fourth-order valence-corrected chi connectivity index (χ4v) is 4.02. The van der Waals surface area contributed by atoms with Crippen molar-refractivity contribution in [3.8, 4) is 11.3 Å². The van der Waals surface area contributed by atoms with Crippen LogP contribution in [0.25, 0.3) is 44.0 Å². The molecule has 0 aliphatic heterocycles. The summed E-state index contributed by atoms with van der Waals surface area (Å²) in [6, 6.07) is 23.4. The predicted octanol–water partition coefficient (Wildman–Crippen LogP) is 7.39. The maximum absolute atomic E-state index is 6.31. The standard InChI is InChI=1S/C26H23NO/c1-26(2,3)16-17-12-13-27-23(14-17)19-9-10-21-22-11-8-18-6-4-5-7-20(18)25(22)28-24(21)15-19/h4-15H,16H2,1-3H3. The minimum Gasteiger partial charge on any atom is -0.455 e. The van der Waals surface area contributed by atoms with Gasteiger partial charge in [-0.1, -0.05) is 57.2 Å². The van der Waals surface area contributed by atoms with Crippen LogP contribution in [0.5, 0.6) is 0 Å². The molecule has 0 atom stereocenters. The zero-order valence-electron chi connectivity index (χ0n) is 16.5. The van der Waals surface area contributed by atoms with E-state index < -0.39 is 0 Å². The normalized spacial score (nSPS) is 12.2. The van der Waals surface area contributed by atoms with Crippen molar-refractivity contribution >= 4 is 32.7 Å². The quantitative estimate of drug-likeness (QED) is 0.326. The second-order valence-corrected chi connectivity index (χ2v) is 8.76. The lowest BCUT2D eigenvalue weighted by atomic mass is 9.88. The highest BCUT2D eigenvalue weighted by atomic mass is 16.3. The third-order valence-electron chi connectivity index (χ3n) is 5.22. The zero-order chi connectivity index (χ0) is 19.3. The molecule has 0 radical (unpaired) electrons. The number of benzene rings is 3. The Balaban J connectivity index is 1.65. The van der Waals surface area contributed by atoms with E-state index in [-0.39, 0.29) is 5.41 Å². The molecule has 0 saturated carbocycles. The highest BCUT2D eigenvalue weighted by molar-refractivity contribution is 6.15. The second kappa shape index (κ2) is 6.20. The molecule has 0 aliphatic rings. The third-order valence-corrected chi connectivity index (χ3v) is 5.22. The van der Waals surface area contributed by atoms with E-state index in [0.29, 0.717) is 0 Å². The molecule has 2 heterocycles. The molecule has 0 amide bonds. The van der Waals surface area contributed by atoms with Crippen LogP contribution in [0.3, 0.4) is 0 Å². The van der Waals surface area contributed by atoms with Crippen molar-refractivity contribution in [1.82, 2.24) is 4.98 Å². The Morgan fingerprint density at radius 3 is 2.50 bits per heavy atom. The fourth-order valence-electron chi connectivity index (χ4n) is 4.02.